The summed E-state index contributed by atoms with van der Waals surface area (Å²) in [7, 11) is 0. The van der Waals surface area contributed by atoms with E-state index in [2.05, 4.69) is 4.98 Å². The van der Waals surface area contributed by atoms with Gasteiger partial charge in [0.1, 0.15) is 0 Å². The fourth-order valence-electron chi connectivity index (χ4n) is 0.847. The Bertz CT molecular complexity index is 205. The molecule has 0 aliphatic heterocycles. The van der Waals surface area contributed by atoms with E-state index in [1.54, 1.807) is 19.4 Å². The van der Waals surface area contributed by atoms with Gasteiger partial charge in [-0.2, -0.15) is 0 Å². The zero-order valence-corrected chi connectivity index (χ0v) is 6.57. The molecule has 0 amide bonds. The molecule has 1 heterocycles. The number of nitrogens with zero attached hydrogens (tertiary/aromatic N) is 2. The summed E-state index contributed by atoms with van der Waals surface area (Å²) in [6.07, 6.45) is 5.19. The van der Waals surface area contributed by atoms with Crippen LogP contribution in [0.5, 0.6) is 0 Å². The normalized spacial score (nSPS) is 16.3. The molecule has 11 heavy (non-hydrogen) atoms. The molecule has 0 aromatic carbocycles. The molecule has 1 atom stereocenters. The van der Waals surface area contributed by atoms with Gasteiger partial charge in [0.15, 0.2) is 0 Å². The highest BCUT2D eigenvalue weighted by Crippen LogP contribution is 2.01. The van der Waals surface area contributed by atoms with E-state index in [1.165, 1.54) is 0 Å². The molecular weight excluding hydrogens is 142 g/mol. The van der Waals surface area contributed by atoms with E-state index in [4.69, 9.17) is 10.8 Å². The van der Waals surface area contributed by atoms with Crippen molar-refractivity contribution in [2.75, 3.05) is 6.61 Å². The van der Waals surface area contributed by atoms with E-state index in [9.17, 15) is 0 Å². The lowest BCUT2D eigenvalue weighted by molar-refractivity contribution is 0.192. The summed E-state index contributed by atoms with van der Waals surface area (Å²) in [4.78, 5) is 3.87. The van der Waals surface area contributed by atoms with Gasteiger partial charge in [-0.3, -0.25) is 0 Å². The molecule has 0 spiro atoms. The first kappa shape index (κ1) is 8.23. The van der Waals surface area contributed by atoms with Crippen LogP contribution in [0.25, 0.3) is 0 Å². The summed E-state index contributed by atoms with van der Waals surface area (Å²) < 4.78 is 1.84. The van der Waals surface area contributed by atoms with Crippen LogP contribution in [0.4, 0.5) is 0 Å². The Hall–Kier alpha value is -0.870. The third-order valence-electron chi connectivity index (χ3n) is 1.46. The number of imidazole rings is 1. The average Bonchev–Trinajstić information content (AvgIpc) is 2.39. The van der Waals surface area contributed by atoms with Gasteiger partial charge < -0.3 is 15.4 Å². The summed E-state index contributed by atoms with van der Waals surface area (Å²) in [5.41, 5.74) is 5.15. The maximum atomic E-state index is 8.83. The summed E-state index contributed by atoms with van der Waals surface area (Å²) >= 11 is 0. The first-order valence-electron chi connectivity index (χ1n) is 3.49. The molecular formula is C7H13N3O. The van der Waals surface area contributed by atoms with Crippen molar-refractivity contribution in [1.82, 2.24) is 9.55 Å². The zero-order chi connectivity index (χ0) is 8.32. The molecule has 0 aliphatic rings. The Kier molecular flexibility index (Phi) is 2.26. The lowest BCUT2D eigenvalue weighted by atomic mass is 10.1. The van der Waals surface area contributed by atoms with E-state index in [1.807, 2.05) is 10.8 Å². The van der Waals surface area contributed by atoms with Gasteiger partial charge in [-0.1, -0.05) is 0 Å². The van der Waals surface area contributed by atoms with Gasteiger partial charge in [-0.15, -0.1) is 0 Å². The van der Waals surface area contributed by atoms with Crippen LogP contribution in [0.1, 0.15) is 6.92 Å². The molecule has 0 saturated heterocycles. The predicted molar refractivity (Wildman–Crippen MR) is 41.9 cm³/mol. The fourth-order valence-corrected chi connectivity index (χ4v) is 0.847. The first-order chi connectivity index (χ1) is 5.14. The summed E-state index contributed by atoms with van der Waals surface area (Å²) in [6, 6.07) is 0. The van der Waals surface area contributed by atoms with Crippen LogP contribution in [0.15, 0.2) is 18.7 Å². The highest BCUT2D eigenvalue weighted by molar-refractivity contribution is 4.83. The van der Waals surface area contributed by atoms with Gasteiger partial charge in [-0.25, -0.2) is 4.98 Å². The molecule has 0 bridgehead atoms. The van der Waals surface area contributed by atoms with Crippen molar-refractivity contribution in [1.29, 1.82) is 0 Å². The van der Waals surface area contributed by atoms with Crippen LogP contribution in [0.2, 0.25) is 0 Å². The quantitative estimate of drug-likeness (QED) is 0.624. The number of nitrogens with two attached hydrogens (primary N) is 1. The van der Waals surface area contributed by atoms with Crippen LogP contribution in [0.3, 0.4) is 0 Å². The van der Waals surface area contributed by atoms with E-state index in [-0.39, 0.29) is 6.61 Å². The Morgan fingerprint density at radius 2 is 2.45 bits per heavy atom. The minimum atomic E-state index is -0.555. The number of hydrogen-bond acceptors (Lipinski definition) is 3. The number of rotatable bonds is 3. The SMILES string of the molecule is C[C@@](N)(CO)Cn1ccnc1. The van der Waals surface area contributed by atoms with Crippen LogP contribution in [-0.4, -0.2) is 26.8 Å². The number of aromatic nitrogens is 2. The molecule has 1 aromatic heterocycles. The molecule has 3 N–H and O–H groups in total. The van der Waals surface area contributed by atoms with Crippen molar-refractivity contribution >= 4 is 0 Å². The number of hydrogen-bond donors (Lipinski definition) is 2. The number of aliphatic hydroxyl groups excluding tert-OH is 1. The maximum Gasteiger partial charge on any atom is 0.0946 e. The van der Waals surface area contributed by atoms with E-state index in [0.29, 0.717) is 6.54 Å². The van der Waals surface area contributed by atoms with Crippen LogP contribution < -0.4 is 5.73 Å². The van der Waals surface area contributed by atoms with Crippen LogP contribution >= 0.6 is 0 Å². The topological polar surface area (TPSA) is 64.1 Å². The third-order valence-corrected chi connectivity index (χ3v) is 1.46. The van der Waals surface area contributed by atoms with Crippen molar-refractivity contribution in [3.05, 3.63) is 18.7 Å². The third kappa shape index (κ3) is 2.32. The molecule has 1 rings (SSSR count). The molecule has 0 saturated carbocycles. The maximum absolute atomic E-state index is 8.83. The minimum Gasteiger partial charge on any atom is -0.394 e. The minimum absolute atomic E-state index is 0.0226. The molecule has 4 heteroatoms. The van der Waals surface area contributed by atoms with Gasteiger partial charge in [0.05, 0.1) is 18.5 Å². The Morgan fingerprint density at radius 3 is 2.91 bits per heavy atom. The van der Waals surface area contributed by atoms with Crippen LogP contribution in [0, 0.1) is 0 Å². The van der Waals surface area contributed by atoms with E-state index < -0.39 is 5.54 Å². The van der Waals surface area contributed by atoms with Crippen molar-refractivity contribution in [2.24, 2.45) is 5.73 Å². The van der Waals surface area contributed by atoms with Crippen molar-refractivity contribution in [2.45, 2.75) is 19.0 Å². The molecule has 0 fully saturated rings. The lowest BCUT2D eigenvalue weighted by Crippen LogP contribution is -2.44. The first-order valence-corrected chi connectivity index (χ1v) is 3.49. The van der Waals surface area contributed by atoms with Crippen molar-refractivity contribution in [3.8, 4) is 0 Å². The molecule has 0 aliphatic carbocycles. The van der Waals surface area contributed by atoms with Gasteiger partial charge in [-0.05, 0) is 6.92 Å². The Balaban J connectivity index is 2.56. The molecule has 1 aromatic rings. The van der Waals surface area contributed by atoms with Crippen molar-refractivity contribution < 1.29 is 5.11 Å². The summed E-state index contributed by atoms with van der Waals surface area (Å²) in [5, 5.41) is 8.83. The zero-order valence-electron chi connectivity index (χ0n) is 6.57. The fraction of sp³-hybridized carbons (Fsp3) is 0.571. The van der Waals surface area contributed by atoms with E-state index >= 15 is 0 Å². The van der Waals surface area contributed by atoms with Crippen molar-refractivity contribution in [3.63, 3.8) is 0 Å². The monoisotopic (exact) mass is 155 g/mol. The largest absolute Gasteiger partial charge is 0.394 e. The predicted octanol–water partition coefficient (Wildman–Crippen LogP) is -0.407. The molecule has 62 valence electrons. The average molecular weight is 155 g/mol. The van der Waals surface area contributed by atoms with Gasteiger partial charge in [0.25, 0.3) is 0 Å². The number of aliphatic hydroxyl groups is 1. The molecule has 4 nitrogen and oxygen atoms in total. The Labute approximate surface area is 65.7 Å². The second-order valence-electron chi connectivity index (χ2n) is 3.05. The van der Waals surface area contributed by atoms with E-state index in [0.717, 1.165) is 0 Å². The molecule has 0 unspecified atom stereocenters. The summed E-state index contributed by atoms with van der Waals surface area (Å²) in [6.45, 7) is 2.36. The van der Waals surface area contributed by atoms with Gasteiger partial charge >= 0.3 is 0 Å². The van der Waals surface area contributed by atoms with Crippen LogP contribution in [-0.2, 0) is 6.54 Å². The van der Waals surface area contributed by atoms with Gasteiger partial charge in [0, 0.05) is 18.9 Å². The second-order valence-corrected chi connectivity index (χ2v) is 3.05. The lowest BCUT2D eigenvalue weighted by Gasteiger charge is -2.21. The highest BCUT2D eigenvalue weighted by Gasteiger charge is 2.16. The smallest absolute Gasteiger partial charge is 0.0946 e. The summed E-state index contributed by atoms with van der Waals surface area (Å²) in [5.74, 6) is 0. The molecule has 0 radical (unpaired) electrons. The van der Waals surface area contributed by atoms with Gasteiger partial charge in [0.2, 0.25) is 0 Å². The highest BCUT2D eigenvalue weighted by atomic mass is 16.3. The Morgan fingerprint density at radius 1 is 1.73 bits per heavy atom. The second kappa shape index (κ2) is 3.02. The standard InChI is InChI=1S/C7H13N3O/c1-7(8,5-11)4-10-3-2-9-6-10/h2-3,6,11H,4-5,8H2,1H3/t7-/m0/s1.